The van der Waals surface area contributed by atoms with Gasteiger partial charge in [0.25, 0.3) is 16.1 Å². The number of hydrogen-bond donors (Lipinski definition) is 2. The third kappa shape index (κ3) is 8.76. The molecule has 2 amide bonds. The summed E-state index contributed by atoms with van der Waals surface area (Å²) in [7, 11) is -3.62. The van der Waals surface area contributed by atoms with Crippen molar-refractivity contribution in [3.63, 3.8) is 0 Å². The molecule has 0 bridgehead atoms. The monoisotopic (exact) mass is 583 g/mol. The van der Waals surface area contributed by atoms with Crippen molar-refractivity contribution >= 4 is 60.7 Å². The van der Waals surface area contributed by atoms with E-state index in [0.29, 0.717) is 51.0 Å². The molecule has 1 aromatic heterocycles. The Balaban J connectivity index is 0.00000324. The van der Waals surface area contributed by atoms with Crippen molar-refractivity contribution in [2.75, 3.05) is 19.6 Å². The summed E-state index contributed by atoms with van der Waals surface area (Å²) in [6, 6.07) is 1.37. The van der Waals surface area contributed by atoms with Gasteiger partial charge in [0, 0.05) is 42.6 Å². The van der Waals surface area contributed by atoms with Crippen LogP contribution in [0.25, 0.3) is 0 Å². The SMILES string of the molecule is CCc1cc(C(=O)N[C@H]2CCN(S(=O)(=O)N3CCC(NC(=O)OC(C)(C)C)CC3)[C@@H](C)C2)ns1.S.S. The van der Waals surface area contributed by atoms with Gasteiger partial charge in [0.15, 0.2) is 0 Å². The van der Waals surface area contributed by atoms with Gasteiger partial charge in [0.05, 0.1) is 0 Å². The number of ether oxygens (including phenoxy) is 1. The molecule has 1 aromatic rings. The van der Waals surface area contributed by atoms with Gasteiger partial charge in [-0.3, -0.25) is 4.79 Å². The smallest absolute Gasteiger partial charge is 0.407 e. The lowest BCUT2D eigenvalue weighted by Crippen LogP contribution is -2.56. The van der Waals surface area contributed by atoms with Gasteiger partial charge in [0.1, 0.15) is 11.3 Å². The minimum absolute atomic E-state index is 0. The first-order chi connectivity index (χ1) is 15.9. The van der Waals surface area contributed by atoms with Crippen molar-refractivity contribution in [2.45, 2.75) is 90.4 Å². The quantitative estimate of drug-likeness (QED) is 0.531. The molecule has 2 atom stereocenters. The van der Waals surface area contributed by atoms with E-state index in [4.69, 9.17) is 4.74 Å². The van der Waals surface area contributed by atoms with Crippen LogP contribution in [0.15, 0.2) is 6.07 Å². The highest BCUT2D eigenvalue weighted by atomic mass is 32.2. The lowest BCUT2D eigenvalue weighted by molar-refractivity contribution is 0.0489. The second-order valence-corrected chi connectivity index (χ2v) is 12.8. The molecule has 2 aliphatic heterocycles. The molecular formula is C22H41N5O5S4. The summed E-state index contributed by atoms with van der Waals surface area (Å²) < 4.78 is 39.1. The van der Waals surface area contributed by atoms with Crippen LogP contribution in [0.5, 0.6) is 0 Å². The van der Waals surface area contributed by atoms with Gasteiger partial charge < -0.3 is 15.4 Å². The molecule has 3 rings (SSSR count). The molecule has 2 aliphatic rings. The Morgan fingerprint density at radius 2 is 1.72 bits per heavy atom. The fraction of sp³-hybridized carbons (Fsp3) is 0.773. The Morgan fingerprint density at radius 3 is 2.25 bits per heavy atom. The number of aryl methyl sites for hydroxylation is 1. The molecule has 14 heteroatoms. The molecule has 36 heavy (non-hydrogen) atoms. The third-order valence-electron chi connectivity index (χ3n) is 6.09. The Kier molecular flexibility index (Phi) is 12.5. The zero-order chi connectivity index (χ0) is 25.1. The topological polar surface area (TPSA) is 121 Å². The standard InChI is InChI=1S/C22H37N5O5S2.2H2S/c1-6-18-14-19(25-33-18)20(28)23-17-9-12-27(15(2)13-17)34(30,31)26-10-7-16(8-11-26)24-21(29)32-22(3,4)5;;/h14-17H,6-13H2,1-5H3,(H,23,28)(H,24,29);2*1H2/t15-,17-;;/m0../s1. The van der Waals surface area contributed by atoms with Crippen LogP contribution in [0.3, 0.4) is 0 Å². The maximum atomic E-state index is 13.3. The van der Waals surface area contributed by atoms with Crippen molar-refractivity contribution < 1.29 is 22.7 Å². The van der Waals surface area contributed by atoms with Crippen molar-refractivity contribution in [3.05, 3.63) is 16.6 Å². The second-order valence-electron chi connectivity index (χ2n) is 10.0. The summed E-state index contributed by atoms with van der Waals surface area (Å²) in [4.78, 5) is 25.6. The van der Waals surface area contributed by atoms with Crippen molar-refractivity contribution in [2.24, 2.45) is 0 Å². The fourth-order valence-corrected chi connectivity index (χ4v) is 6.81. The predicted octanol–water partition coefficient (Wildman–Crippen LogP) is 2.75. The Bertz CT molecular complexity index is 974. The number of amides is 2. The number of aromatic nitrogens is 1. The highest BCUT2D eigenvalue weighted by Crippen LogP contribution is 2.25. The molecular weight excluding hydrogens is 543 g/mol. The predicted molar refractivity (Wildman–Crippen MR) is 152 cm³/mol. The van der Waals surface area contributed by atoms with Gasteiger partial charge in [-0.05, 0) is 77.4 Å². The molecule has 10 nitrogen and oxygen atoms in total. The number of carbonyl (C=O) groups excluding carboxylic acids is 2. The van der Waals surface area contributed by atoms with E-state index in [-0.39, 0.29) is 51.0 Å². The first kappa shape index (κ1) is 33.0. The summed E-state index contributed by atoms with van der Waals surface area (Å²) in [5, 5.41) is 5.85. The van der Waals surface area contributed by atoms with Crippen LogP contribution in [0.1, 0.15) is 75.7 Å². The minimum Gasteiger partial charge on any atom is -0.444 e. The molecule has 0 saturated carbocycles. The number of piperidine rings is 2. The number of rotatable bonds is 6. The summed E-state index contributed by atoms with van der Waals surface area (Å²) in [6.45, 7) is 10.3. The summed E-state index contributed by atoms with van der Waals surface area (Å²) in [6.07, 6.45) is 2.53. The van der Waals surface area contributed by atoms with Crippen LogP contribution < -0.4 is 10.6 Å². The van der Waals surface area contributed by atoms with E-state index in [9.17, 15) is 18.0 Å². The average Bonchev–Trinajstić information content (AvgIpc) is 3.22. The second kappa shape index (κ2) is 13.7. The van der Waals surface area contributed by atoms with E-state index in [1.807, 2.05) is 19.9 Å². The largest absolute Gasteiger partial charge is 0.444 e. The molecule has 208 valence electrons. The van der Waals surface area contributed by atoms with Gasteiger partial charge >= 0.3 is 6.09 Å². The molecule has 2 N–H and O–H groups in total. The van der Waals surface area contributed by atoms with E-state index in [1.165, 1.54) is 20.1 Å². The molecule has 0 radical (unpaired) electrons. The number of alkyl carbamates (subject to hydrolysis) is 1. The van der Waals surface area contributed by atoms with Gasteiger partial charge in [-0.25, -0.2) is 4.79 Å². The number of carbonyl (C=O) groups is 2. The van der Waals surface area contributed by atoms with Crippen LogP contribution >= 0.6 is 38.5 Å². The zero-order valence-electron chi connectivity index (χ0n) is 21.7. The Hall–Kier alpha value is -1.06. The van der Waals surface area contributed by atoms with Gasteiger partial charge in [-0.15, -0.1) is 0 Å². The molecule has 0 spiro atoms. The molecule has 0 aliphatic carbocycles. The first-order valence-electron chi connectivity index (χ1n) is 11.9. The van der Waals surface area contributed by atoms with Crippen LogP contribution in [-0.4, -0.2) is 76.8 Å². The zero-order valence-corrected chi connectivity index (χ0v) is 25.3. The van der Waals surface area contributed by atoms with Gasteiger partial charge in [-0.2, -0.15) is 48.4 Å². The van der Waals surface area contributed by atoms with E-state index in [1.54, 1.807) is 20.8 Å². The number of nitrogens with zero attached hydrogens (tertiary/aromatic N) is 3. The first-order valence-corrected chi connectivity index (χ1v) is 14.1. The normalized spacial score (nSPS) is 22.1. The van der Waals surface area contributed by atoms with E-state index >= 15 is 0 Å². The van der Waals surface area contributed by atoms with Gasteiger partial charge in [-0.1, -0.05) is 6.92 Å². The molecule has 2 saturated heterocycles. The molecule has 0 unspecified atom stereocenters. The molecule has 2 fully saturated rings. The number of hydrogen-bond acceptors (Lipinski definition) is 7. The average molecular weight is 584 g/mol. The van der Waals surface area contributed by atoms with E-state index < -0.39 is 21.9 Å². The fourth-order valence-electron chi connectivity index (χ4n) is 4.32. The maximum absolute atomic E-state index is 13.3. The van der Waals surface area contributed by atoms with E-state index in [0.717, 1.165) is 11.3 Å². The van der Waals surface area contributed by atoms with Crippen LogP contribution in [0.2, 0.25) is 0 Å². The van der Waals surface area contributed by atoms with Gasteiger partial charge in [0.2, 0.25) is 0 Å². The van der Waals surface area contributed by atoms with Crippen molar-refractivity contribution in [3.8, 4) is 0 Å². The highest BCUT2D eigenvalue weighted by Gasteiger charge is 2.39. The minimum atomic E-state index is -3.62. The molecule has 3 heterocycles. The lowest BCUT2D eigenvalue weighted by atomic mass is 10.0. The van der Waals surface area contributed by atoms with Crippen LogP contribution in [0.4, 0.5) is 4.79 Å². The van der Waals surface area contributed by atoms with Crippen LogP contribution in [-0.2, 0) is 21.4 Å². The van der Waals surface area contributed by atoms with E-state index in [2.05, 4.69) is 15.0 Å². The Labute approximate surface area is 233 Å². The lowest BCUT2D eigenvalue weighted by Gasteiger charge is -2.41. The van der Waals surface area contributed by atoms with Crippen LogP contribution in [0, 0.1) is 0 Å². The van der Waals surface area contributed by atoms with Crippen molar-refractivity contribution in [1.82, 2.24) is 23.6 Å². The summed E-state index contributed by atoms with van der Waals surface area (Å²) in [5.41, 5.74) is -0.151. The highest BCUT2D eigenvalue weighted by molar-refractivity contribution is 7.86. The third-order valence-corrected chi connectivity index (χ3v) is 9.17. The van der Waals surface area contributed by atoms with Crippen molar-refractivity contribution in [1.29, 1.82) is 0 Å². The number of nitrogens with one attached hydrogen (secondary N) is 2. The Morgan fingerprint density at radius 1 is 1.11 bits per heavy atom. The molecule has 0 aromatic carbocycles. The summed E-state index contributed by atoms with van der Waals surface area (Å²) in [5.74, 6) is -0.205. The maximum Gasteiger partial charge on any atom is 0.407 e. The summed E-state index contributed by atoms with van der Waals surface area (Å²) >= 11 is 1.33.